The van der Waals surface area contributed by atoms with Gasteiger partial charge in [0.1, 0.15) is 18.2 Å². The first-order valence-electron chi connectivity index (χ1n) is 6.99. The van der Waals surface area contributed by atoms with Gasteiger partial charge in [0.2, 0.25) is 0 Å². The third kappa shape index (κ3) is 4.73. The molecular formula is C17H19ClFNO. The second-order valence-electron chi connectivity index (χ2n) is 5.06. The Bertz CT molecular complexity index is 603. The predicted octanol–water partition coefficient (Wildman–Crippen LogP) is 4.34. The van der Waals surface area contributed by atoms with Crippen molar-refractivity contribution in [1.29, 1.82) is 0 Å². The van der Waals surface area contributed by atoms with E-state index in [0.717, 1.165) is 29.7 Å². The Morgan fingerprint density at radius 3 is 2.71 bits per heavy atom. The largest absolute Gasteiger partial charge is 0.489 e. The minimum atomic E-state index is -0.420. The number of hydrogen-bond donors (Lipinski definition) is 1. The van der Waals surface area contributed by atoms with Gasteiger partial charge in [-0.15, -0.1) is 0 Å². The van der Waals surface area contributed by atoms with Crippen LogP contribution in [0.1, 0.15) is 24.5 Å². The van der Waals surface area contributed by atoms with Crippen LogP contribution in [0.5, 0.6) is 5.75 Å². The van der Waals surface area contributed by atoms with Gasteiger partial charge in [-0.05, 0) is 48.2 Å². The lowest BCUT2D eigenvalue weighted by Gasteiger charge is -2.11. The highest BCUT2D eigenvalue weighted by Crippen LogP contribution is 2.19. The zero-order valence-electron chi connectivity index (χ0n) is 12.0. The van der Waals surface area contributed by atoms with E-state index in [1.165, 1.54) is 6.07 Å². The smallest absolute Gasteiger partial charge is 0.141 e. The number of halogens is 2. The molecule has 0 spiro atoms. The van der Waals surface area contributed by atoms with Gasteiger partial charge in [-0.3, -0.25) is 0 Å². The fraction of sp³-hybridized carbons (Fsp3) is 0.294. The topological polar surface area (TPSA) is 35.2 Å². The van der Waals surface area contributed by atoms with Crippen LogP contribution in [0.2, 0.25) is 5.02 Å². The summed E-state index contributed by atoms with van der Waals surface area (Å²) in [4.78, 5) is 0. The Kier molecular flexibility index (Phi) is 5.59. The van der Waals surface area contributed by atoms with Crippen LogP contribution in [0.3, 0.4) is 0 Å². The molecule has 4 heteroatoms. The molecule has 0 aliphatic heterocycles. The monoisotopic (exact) mass is 307 g/mol. The predicted molar refractivity (Wildman–Crippen MR) is 84.2 cm³/mol. The molecule has 2 aromatic rings. The molecule has 0 radical (unpaired) electrons. The molecule has 0 bridgehead atoms. The van der Waals surface area contributed by atoms with E-state index in [9.17, 15) is 4.39 Å². The molecule has 2 aromatic carbocycles. The van der Waals surface area contributed by atoms with Crippen LogP contribution < -0.4 is 10.5 Å². The average Bonchev–Trinajstić information content (AvgIpc) is 2.49. The summed E-state index contributed by atoms with van der Waals surface area (Å²) in [5.74, 6) is 0.354. The van der Waals surface area contributed by atoms with Crippen molar-refractivity contribution in [1.82, 2.24) is 0 Å². The van der Waals surface area contributed by atoms with E-state index in [-0.39, 0.29) is 11.1 Å². The minimum Gasteiger partial charge on any atom is -0.489 e. The lowest BCUT2D eigenvalue weighted by Crippen LogP contribution is -2.21. The highest BCUT2D eigenvalue weighted by atomic mass is 35.5. The molecule has 0 saturated carbocycles. The highest BCUT2D eigenvalue weighted by molar-refractivity contribution is 6.30. The van der Waals surface area contributed by atoms with Crippen LogP contribution >= 0.6 is 11.6 Å². The maximum Gasteiger partial charge on any atom is 0.141 e. The quantitative estimate of drug-likeness (QED) is 0.861. The molecule has 0 fully saturated rings. The van der Waals surface area contributed by atoms with Crippen LogP contribution in [0, 0.1) is 5.82 Å². The Hall–Kier alpha value is -1.58. The van der Waals surface area contributed by atoms with Crippen LogP contribution in [0.15, 0.2) is 42.5 Å². The summed E-state index contributed by atoms with van der Waals surface area (Å²) in [6, 6.07) is 12.6. The van der Waals surface area contributed by atoms with Gasteiger partial charge in [-0.2, -0.15) is 0 Å². The van der Waals surface area contributed by atoms with Crippen molar-refractivity contribution in [3.63, 3.8) is 0 Å². The van der Waals surface area contributed by atoms with E-state index >= 15 is 0 Å². The van der Waals surface area contributed by atoms with Gasteiger partial charge >= 0.3 is 0 Å². The zero-order valence-corrected chi connectivity index (χ0v) is 12.7. The molecule has 0 aliphatic rings. The van der Waals surface area contributed by atoms with E-state index in [0.29, 0.717) is 6.61 Å². The third-order valence-corrected chi connectivity index (χ3v) is 3.60. The highest BCUT2D eigenvalue weighted by Gasteiger charge is 2.04. The average molecular weight is 308 g/mol. The lowest BCUT2D eigenvalue weighted by molar-refractivity contribution is 0.305. The number of nitrogens with two attached hydrogens (primary N) is 1. The second kappa shape index (κ2) is 7.43. The Morgan fingerprint density at radius 2 is 2.00 bits per heavy atom. The van der Waals surface area contributed by atoms with Crippen molar-refractivity contribution >= 4 is 11.6 Å². The van der Waals surface area contributed by atoms with Crippen molar-refractivity contribution in [2.75, 3.05) is 0 Å². The first-order chi connectivity index (χ1) is 10.1. The zero-order chi connectivity index (χ0) is 15.2. The lowest BCUT2D eigenvalue weighted by atomic mass is 10.0. The maximum atomic E-state index is 13.1. The Balaban J connectivity index is 1.99. The summed E-state index contributed by atoms with van der Waals surface area (Å²) in [7, 11) is 0. The fourth-order valence-electron chi connectivity index (χ4n) is 2.01. The molecular weight excluding hydrogens is 289 g/mol. The van der Waals surface area contributed by atoms with Crippen LogP contribution in [0.4, 0.5) is 4.39 Å². The van der Waals surface area contributed by atoms with Crippen molar-refractivity contribution < 1.29 is 9.13 Å². The van der Waals surface area contributed by atoms with Crippen LogP contribution in [-0.4, -0.2) is 6.04 Å². The van der Waals surface area contributed by atoms with Gasteiger partial charge in [-0.25, -0.2) is 4.39 Å². The van der Waals surface area contributed by atoms with E-state index in [2.05, 4.69) is 6.92 Å². The number of hydrogen-bond acceptors (Lipinski definition) is 2. The number of benzene rings is 2. The standard InChI is InChI=1S/C17H19ClFNO/c1-2-14(20)8-12-4-3-5-15(9-12)21-11-13-6-7-17(19)16(18)10-13/h3-7,9-10,14H,2,8,11,20H2,1H3. The van der Waals surface area contributed by atoms with Crippen LogP contribution in [0.25, 0.3) is 0 Å². The summed E-state index contributed by atoms with van der Waals surface area (Å²) in [6.07, 6.45) is 1.77. The van der Waals surface area contributed by atoms with E-state index < -0.39 is 5.82 Å². The van der Waals surface area contributed by atoms with Crippen molar-refractivity contribution in [2.24, 2.45) is 5.73 Å². The van der Waals surface area contributed by atoms with E-state index in [1.807, 2.05) is 24.3 Å². The molecule has 0 saturated heterocycles. The molecule has 2 nitrogen and oxygen atoms in total. The molecule has 0 aliphatic carbocycles. The van der Waals surface area contributed by atoms with Gasteiger partial charge in [0.15, 0.2) is 0 Å². The van der Waals surface area contributed by atoms with Crippen molar-refractivity contribution in [3.8, 4) is 5.75 Å². The molecule has 2 rings (SSSR count). The summed E-state index contributed by atoms with van der Waals surface area (Å²) < 4.78 is 18.8. The van der Waals surface area contributed by atoms with Crippen molar-refractivity contribution in [3.05, 3.63) is 64.4 Å². The molecule has 21 heavy (non-hydrogen) atoms. The van der Waals surface area contributed by atoms with Gasteiger partial charge < -0.3 is 10.5 Å². The van der Waals surface area contributed by atoms with E-state index in [1.54, 1.807) is 12.1 Å². The Labute approximate surface area is 129 Å². The summed E-state index contributed by atoms with van der Waals surface area (Å²) >= 11 is 5.75. The summed E-state index contributed by atoms with van der Waals surface area (Å²) in [6.45, 7) is 2.42. The van der Waals surface area contributed by atoms with Gasteiger partial charge in [0.05, 0.1) is 5.02 Å². The molecule has 0 aromatic heterocycles. The first-order valence-corrected chi connectivity index (χ1v) is 7.37. The summed E-state index contributed by atoms with van der Waals surface area (Å²) in [5, 5.41) is 0.110. The van der Waals surface area contributed by atoms with E-state index in [4.69, 9.17) is 22.1 Å². The van der Waals surface area contributed by atoms with Crippen LogP contribution in [-0.2, 0) is 13.0 Å². The molecule has 0 amide bonds. The maximum absolute atomic E-state index is 13.1. The van der Waals surface area contributed by atoms with Gasteiger partial charge in [0, 0.05) is 6.04 Å². The fourth-order valence-corrected chi connectivity index (χ4v) is 2.21. The number of rotatable bonds is 6. The summed E-state index contributed by atoms with van der Waals surface area (Å²) in [5.41, 5.74) is 7.94. The first kappa shape index (κ1) is 15.8. The molecule has 1 unspecified atom stereocenters. The molecule has 112 valence electrons. The minimum absolute atomic E-state index is 0.110. The molecule has 1 atom stereocenters. The SMILES string of the molecule is CCC(N)Cc1cccc(OCc2ccc(F)c(Cl)c2)c1. The van der Waals surface area contributed by atoms with Gasteiger partial charge in [0.25, 0.3) is 0 Å². The molecule has 2 N–H and O–H groups in total. The van der Waals surface area contributed by atoms with Crippen molar-refractivity contribution in [2.45, 2.75) is 32.4 Å². The Morgan fingerprint density at radius 1 is 1.19 bits per heavy atom. The number of ether oxygens (including phenoxy) is 1. The molecule has 0 heterocycles. The van der Waals surface area contributed by atoms with Gasteiger partial charge in [-0.1, -0.05) is 36.7 Å². The normalized spacial score (nSPS) is 12.2. The third-order valence-electron chi connectivity index (χ3n) is 3.31. The second-order valence-corrected chi connectivity index (χ2v) is 5.46.